The van der Waals surface area contributed by atoms with Gasteiger partial charge in [0.05, 0.1) is 5.56 Å². The average Bonchev–Trinajstić information content (AvgIpc) is 2.32. The van der Waals surface area contributed by atoms with Crippen LogP contribution in [-0.4, -0.2) is 20.4 Å². The molecule has 0 radical (unpaired) electrons. The largest absolute Gasteiger partial charge is 0.507 e. The zero-order valence-corrected chi connectivity index (χ0v) is 8.85. The van der Waals surface area contributed by atoms with Crippen LogP contribution in [0.5, 0.6) is 23.0 Å². The molecular weight excluding hydrogens is 246 g/mol. The summed E-state index contributed by atoms with van der Waals surface area (Å²) in [6.07, 6.45) is 0. The van der Waals surface area contributed by atoms with E-state index < -0.39 is 45.8 Å². The zero-order valence-electron chi connectivity index (χ0n) is 8.85. The molecular formula is C12H8F2O4. The topological polar surface area (TPSA) is 80.9 Å². The normalized spacial score (nSPS) is 10.6. The highest BCUT2D eigenvalue weighted by Gasteiger charge is 2.21. The minimum absolute atomic E-state index is 0.430. The SMILES string of the molecule is Oc1cc(O)c(-c2cccc(F)c2F)c(O)c1O. The van der Waals surface area contributed by atoms with Crippen LogP contribution in [0.15, 0.2) is 24.3 Å². The third kappa shape index (κ3) is 1.67. The minimum atomic E-state index is -1.28. The highest BCUT2D eigenvalue weighted by atomic mass is 19.2. The quantitative estimate of drug-likeness (QED) is 0.465. The van der Waals surface area contributed by atoms with Crippen LogP contribution in [0.1, 0.15) is 0 Å². The molecule has 2 aromatic rings. The van der Waals surface area contributed by atoms with Gasteiger partial charge in [0.25, 0.3) is 0 Å². The Morgan fingerprint density at radius 2 is 1.50 bits per heavy atom. The first-order valence-corrected chi connectivity index (χ1v) is 4.84. The predicted molar refractivity (Wildman–Crippen MR) is 58.5 cm³/mol. The molecule has 4 nitrogen and oxygen atoms in total. The van der Waals surface area contributed by atoms with Crippen molar-refractivity contribution in [2.75, 3.05) is 0 Å². The van der Waals surface area contributed by atoms with Gasteiger partial charge < -0.3 is 20.4 Å². The van der Waals surface area contributed by atoms with Crippen molar-refractivity contribution in [3.8, 4) is 34.1 Å². The fourth-order valence-electron chi connectivity index (χ4n) is 1.59. The van der Waals surface area contributed by atoms with E-state index in [1.165, 1.54) is 6.07 Å². The summed E-state index contributed by atoms with van der Waals surface area (Å²) < 4.78 is 26.6. The van der Waals surface area contributed by atoms with Gasteiger partial charge in [-0.25, -0.2) is 8.78 Å². The van der Waals surface area contributed by atoms with E-state index in [2.05, 4.69) is 0 Å². The summed E-state index contributed by atoms with van der Waals surface area (Å²) in [7, 11) is 0. The van der Waals surface area contributed by atoms with Crippen molar-refractivity contribution in [2.24, 2.45) is 0 Å². The standard InChI is InChI=1S/C12H8F2O4/c13-6-3-1-2-5(10(6)14)9-7(15)4-8(16)11(17)12(9)18/h1-4,15-18H. The summed E-state index contributed by atoms with van der Waals surface area (Å²) in [5.41, 5.74) is -0.928. The van der Waals surface area contributed by atoms with Gasteiger partial charge in [0, 0.05) is 11.6 Å². The van der Waals surface area contributed by atoms with Crippen molar-refractivity contribution in [1.29, 1.82) is 0 Å². The third-order valence-electron chi connectivity index (χ3n) is 2.45. The van der Waals surface area contributed by atoms with Crippen LogP contribution in [0.3, 0.4) is 0 Å². The molecule has 0 unspecified atom stereocenters. The molecule has 0 aromatic heterocycles. The van der Waals surface area contributed by atoms with Crippen LogP contribution in [0, 0.1) is 11.6 Å². The maximum atomic E-state index is 13.5. The number of hydrogen-bond acceptors (Lipinski definition) is 4. The summed E-state index contributed by atoms with van der Waals surface area (Å²) in [6, 6.07) is 3.88. The molecule has 0 bridgehead atoms. The fraction of sp³-hybridized carbons (Fsp3) is 0. The summed E-state index contributed by atoms with van der Waals surface area (Å²) >= 11 is 0. The summed E-state index contributed by atoms with van der Waals surface area (Å²) in [4.78, 5) is 0. The number of halogens is 2. The van der Waals surface area contributed by atoms with Crippen LogP contribution in [-0.2, 0) is 0 Å². The highest BCUT2D eigenvalue weighted by molar-refractivity contribution is 5.81. The van der Waals surface area contributed by atoms with E-state index in [1.807, 2.05) is 0 Å². The van der Waals surface area contributed by atoms with Crippen LogP contribution >= 0.6 is 0 Å². The molecule has 2 aromatic carbocycles. The molecule has 2 rings (SSSR count). The fourth-order valence-corrected chi connectivity index (χ4v) is 1.59. The van der Waals surface area contributed by atoms with Crippen molar-refractivity contribution in [3.05, 3.63) is 35.9 Å². The third-order valence-corrected chi connectivity index (χ3v) is 2.45. The number of aromatic hydroxyl groups is 4. The van der Waals surface area contributed by atoms with Crippen LogP contribution < -0.4 is 0 Å². The van der Waals surface area contributed by atoms with E-state index in [0.717, 1.165) is 12.1 Å². The van der Waals surface area contributed by atoms with E-state index in [4.69, 9.17) is 5.11 Å². The number of phenols is 4. The molecule has 6 heteroatoms. The maximum Gasteiger partial charge on any atom is 0.201 e. The lowest BCUT2D eigenvalue weighted by Crippen LogP contribution is -1.90. The van der Waals surface area contributed by atoms with E-state index in [1.54, 1.807) is 0 Å². The van der Waals surface area contributed by atoms with Gasteiger partial charge in [0.2, 0.25) is 5.75 Å². The minimum Gasteiger partial charge on any atom is -0.507 e. The Balaban J connectivity index is 2.80. The van der Waals surface area contributed by atoms with Crippen LogP contribution in [0.25, 0.3) is 11.1 Å². The molecule has 18 heavy (non-hydrogen) atoms. The summed E-state index contributed by atoms with van der Waals surface area (Å²) in [5.74, 6) is -5.77. The second-order valence-electron chi connectivity index (χ2n) is 3.59. The van der Waals surface area contributed by atoms with Gasteiger partial charge >= 0.3 is 0 Å². The number of hydrogen-bond donors (Lipinski definition) is 4. The Morgan fingerprint density at radius 3 is 2.17 bits per heavy atom. The molecule has 0 heterocycles. The molecule has 94 valence electrons. The van der Waals surface area contributed by atoms with Gasteiger partial charge in [-0.3, -0.25) is 0 Å². The molecule has 0 fully saturated rings. The Hall–Kier alpha value is -2.50. The Bertz CT molecular complexity index is 626. The Morgan fingerprint density at radius 1 is 0.833 bits per heavy atom. The lowest BCUT2D eigenvalue weighted by molar-refractivity contribution is 0.362. The smallest absolute Gasteiger partial charge is 0.201 e. The summed E-state index contributed by atoms with van der Waals surface area (Å²) in [5, 5.41) is 37.6. The van der Waals surface area contributed by atoms with E-state index in [-0.39, 0.29) is 0 Å². The van der Waals surface area contributed by atoms with E-state index in [0.29, 0.717) is 6.07 Å². The van der Waals surface area contributed by atoms with Gasteiger partial charge in [-0.05, 0) is 6.07 Å². The molecule has 0 spiro atoms. The average molecular weight is 254 g/mol. The van der Waals surface area contributed by atoms with Gasteiger partial charge in [0.15, 0.2) is 23.1 Å². The monoisotopic (exact) mass is 254 g/mol. The number of phenolic OH excluding ortho intramolecular Hbond substituents is 4. The van der Waals surface area contributed by atoms with Gasteiger partial charge in [-0.1, -0.05) is 12.1 Å². The van der Waals surface area contributed by atoms with Crippen LogP contribution in [0.4, 0.5) is 8.78 Å². The lowest BCUT2D eigenvalue weighted by atomic mass is 10.0. The van der Waals surface area contributed by atoms with Gasteiger partial charge in [0.1, 0.15) is 5.75 Å². The van der Waals surface area contributed by atoms with E-state index in [9.17, 15) is 24.1 Å². The molecule has 0 aliphatic rings. The van der Waals surface area contributed by atoms with Gasteiger partial charge in [-0.15, -0.1) is 0 Å². The molecule has 0 aliphatic carbocycles. The van der Waals surface area contributed by atoms with Crippen molar-refractivity contribution < 1.29 is 29.2 Å². The zero-order chi connectivity index (χ0) is 13.4. The molecule has 0 amide bonds. The van der Waals surface area contributed by atoms with Crippen LogP contribution in [0.2, 0.25) is 0 Å². The summed E-state index contributed by atoms with van der Waals surface area (Å²) in [6.45, 7) is 0. The van der Waals surface area contributed by atoms with E-state index >= 15 is 0 Å². The first kappa shape index (κ1) is 12.0. The van der Waals surface area contributed by atoms with Crippen molar-refractivity contribution in [1.82, 2.24) is 0 Å². The lowest BCUT2D eigenvalue weighted by Gasteiger charge is -2.11. The number of rotatable bonds is 1. The first-order chi connectivity index (χ1) is 8.43. The van der Waals surface area contributed by atoms with Gasteiger partial charge in [-0.2, -0.15) is 0 Å². The Kier molecular flexibility index (Phi) is 2.70. The predicted octanol–water partition coefficient (Wildman–Crippen LogP) is 2.45. The Labute approximate surface area is 100.0 Å². The van der Waals surface area contributed by atoms with Crippen molar-refractivity contribution in [2.45, 2.75) is 0 Å². The molecule has 0 saturated carbocycles. The first-order valence-electron chi connectivity index (χ1n) is 4.84. The molecule has 0 aliphatic heterocycles. The van der Waals surface area contributed by atoms with Crippen molar-refractivity contribution in [3.63, 3.8) is 0 Å². The second kappa shape index (κ2) is 4.06. The second-order valence-corrected chi connectivity index (χ2v) is 3.59. The molecule has 0 atom stereocenters. The maximum absolute atomic E-state index is 13.5. The highest BCUT2D eigenvalue weighted by Crippen LogP contribution is 2.48. The number of benzene rings is 2. The molecule has 0 saturated heterocycles. The van der Waals surface area contributed by atoms with Crippen molar-refractivity contribution >= 4 is 0 Å². The molecule has 4 N–H and O–H groups in total.